The first kappa shape index (κ1) is 20.2. The van der Waals surface area contributed by atoms with Crippen molar-refractivity contribution in [2.45, 2.75) is 77.7 Å². The van der Waals surface area contributed by atoms with Crippen LogP contribution in [0.15, 0.2) is 0 Å². The maximum absolute atomic E-state index is 12.0. The third-order valence-corrected chi connectivity index (χ3v) is 3.95. The Morgan fingerprint density at radius 1 is 1.39 bits per heavy atom. The molecule has 0 spiro atoms. The number of hydrogen-bond donors (Lipinski definition) is 2. The number of nitrogens with zero attached hydrogens (tertiary/aromatic N) is 1. The largest absolute Gasteiger partial charge is 0.444 e. The Balaban J connectivity index is 2.53. The van der Waals surface area contributed by atoms with Gasteiger partial charge < -0.3 is 19.9 Å². The molecule has 23 heavy (non-hydrogen) atoms. The second kappa shape index (κ2) is 9.45. The number of likely N-dealkylation sites (tertiary alicyclic amines) is 1. The number of β-amino-alcohol motifs (C(OH)–C–C–N with tert-alkyl or cyclic N) is 1. The van der Waals surface area contributed by atoms with Crippen molar-refractivity contribution in [3.05, 3.63) is 0 Å². The minimum absolute atomic E-state index is 0.0237. The van der Waals surface area contributed by atoms with E-state index >= 15 is 0 Å². The van der Waals surface area contributed by atoms with Crippen molar-refractivity contribution in [1.29, 1.82) is 0 Å². The maximum Gasteiger partial charge on any atom is 0.407 e. The predicted molar refractivity (Wildman–Crippen MR) is 90.5 cm³/mol. The summed E-state index contributed by atoms with van der Waals surface area (Å²) in [6.07, 6.45) is 2.40. The van der Waals surface area contributed by atoms with Crippen LogP contribution in [0, 0.1) is 0 Å². The van der Waals surface area contributed by atoms with Gasteiger partial charge in [-0.1, -0.05) is 6.42 Å². The molecule has 0 aromatic heterocycles. The van der Waals surface area contributed by atoms with Crippen LogP contribution in [0.4, 0.5) is 4.79 Å². The van der Waals surface area contributed by atoms with Crippen LogP contribution < -0.4 is 5.32 Å². The van der Waals surface area contributed by atoms with Crippen LogP contribution in [0.3, 0.4) is 0 Å². The second-order valence-corrected chi connectivity index (χ2v) is 7.31. The zero-order valence-electron chi connectivity index (χ0n) is 15.3. The van der Waals surface area contributed by atoms with E-state index in [2.05, 4.69) is 10.2 Å². The van der Waals surface area contributed by atoms with Gasteiger partial charge in [0.25, 0.3) is 0 Å². The van der Waals surface area contributed by atoms with Gasteiger partial charge in [-0.2, -0.15) is 0 Å². The number of alkyl carbamates (subject to hydrolysis) is 1. The number of carbonyl (C=O) groups excluding carboxylic acids is 1. The highest BCUT2D eigenvalue weighted by Crippen LogP contribution is 2.20. The van der Waals surface area contributed by atoms with E-state index in [1.165, 1.54) is 0 Å². The number of nitrogens with one attached hydrogen (secondary N) is 1. The van der Waals surface area contributed by atoms with Gasteiger partial charge in [0.15, 0.2) is 0 Å². The van der Waals surface area contributed by atoms with Crippen molar-refractivity contribution in [1.82, 2.24) is 10.2 Å². The molecule has 6 nitrogen and oxygen atoms in total. The fourth-order valence-corrected chi connectivity index (χ4v) is 2.98. The number of piperidine rings is 1. The number of carbonyl (C=O) groups is 1. The first-order valence-corrected chi connectivity index (χ1v) is 8.72. The third kappa shape index (κ3) is 7.99. The Morgan fingerprint density at radius 3 is 2.70 bits per heavy atom. The van der Waals surface area contributed by atoms with Crippen LogP contribution in [0.5, 0.6) is 0 Å². The summed E-state index contributed by atoms with van der Waals surface area (Å²) in [4.78, 5) is 14.2. The van der Waals surface area contributed by atoms with Crippen molar-refractivity contribution in [2.24, 2.45) is 0 Å². The SMILES string of the molecule is CCOCC(O)CN1CCCCC1C(C)NC(=O)OC(C)(C)C. The minimum Gasteiger partial charge on any atom is -0.444 e. The van der Waals surface area contributed by atoms with Crippen molar-refractivity contribution >= 4 is 6.09 Å². The fourth-order valence-electron chi connectivity index (χ4n) is 2.98. The van der Waals surface area contributed by atoms with Gasteiger partial charge >= 0.3 is 6.09 Å². The summed E-state index contributed by atoms with van der Waals surface area (Å²) in [6.45, 7) is 12.0. The Hall–Kier alpha value is -0.850. The van der Waals surface area contributed by atoms with Crippen molar-refractivity contribution in [3.63, 3.8) is 0 Å². The lowest BCUT2D eigenvalue weighted by Gasteiger charge is -2.40. The highest BCUT2D eigenvalue weighted by molar-refractivity contribution is 5.68. The summed E-state index contributed by atoms with van der Waals surface area (Å²) < 4.78 is 10.6. The van der Waals surface area contributed by atoms with Crippen LogP contribution in [0.2, 0.25) is 0 Å². The Kier molecular flexibility index (Phi) is 8.29. The number of ether oxygens (including phenoxy) is 2. The van der Waals surface area contributed by atoms with E-state index in [4.69, 9.17) is 9.47 Å². The summed E-state index contributed by atoms with van der Waals surface area (Å²) in [5, 5.41) is 13.0. The van der Waals surface area contributed by atoms with Crippen LogP contribution in [-0.2, 0) is 9.47 Å². The monoisotopic (exact) mass is 330 g/mol. The highest BCUT2D eigenvalue weighted by atomic mass is 16.6. The van der Waals surface area contributed by atoms with E-state index in [0.717, 1.165) is 25.8 Å². The molecular weight excluding hydrogens is 296 g/mol. The molecule has 1 aliphatic heterocycles. The number of amides is 1. The van der Waals surface area contributed by atoms with Gasteiger partial charge in [0.2, 0.25) is 0 Å². The Morgan fingerprint density at radius 2 is 2.09 bits per heavy atom. The topological polar surface area (TPSA) is 71.0 Å². The summed E-state index contributed by atoms with van der Waals surface area (Å²) >= 11 is 0. The quantitative estimate of drug-likeness (QED) is 0.748. The molecule has 1 fully saturated rings. The lowest BCUT2D eigenvalue weighted by atomic mass is 9.96. The van der Waals surface area contributed by atoms with Crippen molar-refractivity contribution < 1.29 is 19.4 Å². The Labute approximate surface area is 140 Å². The molecular formula is C17H34N2O4. The first-order valence-electron chi connectivity index (χ1n) is 8.72. The van der Waals surface area contributed by atoms with Gasteiger partial charge in [0.05, 0.1) is 12.7 Å². The molecule has 0 radical (unpaired) electrons. The molecule has 0 aliphatic carbocycles. The number of aliphatic hydroxyl groups is 1. The molecule has 0 aromatic carbocycles. The summed E-state index contributed by atoms with van der Waals surface area (Å²) in [5.74, 6) is 0. The van der Waals surface area contributed by atoms with Crippen LogP contribution in [-0.4, -0.2) is 66.2 Å². The number of hydrogen-bond acceptors (Lipinski definition) is 5. The molecule has 2 N–H and O–H groups in total. The van der Waals surface area contributed by atoms with Crippen molar-refractivity contribution in [3.8, 4) is 0 Å². The average molecular weight is 330 g/mol. The molecule has 3 unspecified atom stereocenters. The molecule has 0 aromatic rings. The molecule has 1 rings (SSSR count). The molecule has 1 amide bonds. The van der Waals surface area contributed by atoms with Gasteiger partial charge in [0.1, 0.15) is 5.60 Å². The molecule has 1 aliphatic rings. The zero-order chi connectivity index (χ0) is 17.5. The van der Waals surface area contributed by atoms with Gasteiger partial charge in [-0.15, -0.1) is 0 Å². The average Bonchev–Trinajstić information content (AvgIpc) is 2.43. The second-order valence-electron chi connectivity index (χ2n) is 7.31. The lowest BCUT2D eigenvalue weighted by molar-refractivity contribution is -0.000649. The molecule has 6 heteroatoms. The van der Waals surface area contributed by atoms with Crippen molar-refractivity contribution in [2.75, 3.05) is 26.3 Å². The highest BCUT2D eigenvalue weighted by Gasteiger charge is 2.30. The van der Waals surface area contributed by atoms with Crippen LogP contribution >= 0.6 is 0 Å². The van der Waals surface area contributed by atoms with E-state index in [-0.39, 0.29) is 18.2 Å². The molecule has 0 saturated carbocycles. The first-order chi connectivity index (χ1) is 10.7. The van der Waals surface area contributed by atoms with Crippen LogP contribution in [0.1, 0.15) is 53.9 Å². The standard InChI is InChI=1S/C17H34N2O4/c1-6-22-12-14(20)11-19-10-8-7-9-15(19)13(2)18-16(21)23-17(3,4)5/h13-15,20H,6-12H2,1-5H3,(H,18,21). The van der Waals surface area contributed by atoms with E-state index in [0.29, 0.717) is 19.8 Å². The van der Waals surface area contributed by atoms with E-state index in [9.17, 15) is 9.90 Å². The summed E-state index contributed by atoms with van der Waals surface area (Å²) in [6, 6.07) is 0.192. The third-order valence-electron chi connectivity index (χ3n) is 3.95. The van der Waals surface area contributed by atoms with E-state index < -0.39 is 11.7 Å². The molecule has 3 atom stereocenters. The fraction of sp³-hybridized carbons (Fsp3) is 0.941. The summed E-state index contributed by atoms with van der Waals surface area (Å²) in [5.41, 5.74) is -0.496. The van der Waals surface area contributed by atoms with Gasteiger partial charge in [0, 0.05) is 25.2 Å². The van der Waals surface area contributed by atoms with E-state index in [1.807, 2.05) is 34.6 Å². The summed E-state index contributed by atoms with van der Waals surface area (Å²) in [7, 11) is 0. The van der Waals surface area contributed by atoms with Crippen LogP contribution in [0.25, 0.3) is 0 Å². The predicted octanol–water partition coefficient (Wildman–Crippen LogP) is 2.15. The van der Waals surface area contributed by atoms with Gasteiger partial charge in [-0.25, -0.2) is 4.79 Å². The number of aliphatic hydroxyl groups excluding tert-OH is 1. The molecule has 1 heterocycles. The lowest BCUT2D eigenvalue weighted by Crippen LogP contribution is -2.54. The zero-order valence-corrected chi connectivity index (χ0v) is 15.3. The molecule has 1 saturated heterocycles. The van der Waals surface area contributed by atoms with E-state index in [1.54, 1.807) is 0 Å². The minimum atomic E-state index is -0.496. The molecule has 0 bridgehead atoms. The van der Waals surface area contributed by atoms with Gasteiger partial charge in [-0.05, 0) is 54.0 Å². The van der Waals surface area contributed by atoms with Gasteiger partial charge in [-0.3, -0.25) is 4.90 Å². The molecule has 136 valence electrons. The maximum atomic E-state index is 12.0. The normalized spacial score (nSPS) is 22.4. The number of rotatable bonds is 7. The smallest absolute Gasteiger partial charge is 0.407 e. The Bertz CT molecular complexity index is 357.